The number of nitrogens with one attached hydrogen (secondary N) is 2. The molecule has 1 aromatic rings. The Morgan fingerprint density at radius 1 is 1.18 bits per heavy atom. The lowest BCUT2D eigenvalue weighted by atomic mass is 9.87. The molecule has 0 unspecified atom stereocenters. The second kappa shape index (κ2) is 8.63. The van der Waals surface area contributed by atoms with Crippen molar-refractivity contribution in [3.63, 3.8) is 0 Å². The molecule has 0 atom stereocenters. The van der Waals surface area contributed by atoms with Crippen molar-refractivity contribution in [1.29, 1.82) is 0 Å². The fraction of sp³-hybridized carbons (Fsp3) is 0.571. The summed E-state index contributed by atoms with van der Waals surface area (Å²) in [5.74, 6) is 0.380. The van der Waals surface area contributed by atoms with Crippen LogP contribution in [-0.2, 0) is 15.0 Å². The molecule has 0 aliphatic carbocycles. The molecule has 1 aliphatic heterocycles. The molecule has 7 heteroatoms. The Morgan fingerprint density at radius 3 is 2.36 bits per heavy atom. The third-order valence-corrected chi connectivity index (χ3v) is 4.64. The molecule has 2 N–H and O–H groups in total. The Kier molecular flexibility index (Phi) is 6.69. The van der Waals surface area contributed by atoms with Gasteiger partial charge >= 0.3 is 6.03 Å². The van der Waals surface area contributed by atoms with Crippen LogP contribution in [0.1, 0.15) is 53.0 Å². The van der Waals surface area contributed by atoms with Gasteiger partial charge in [-0.2, -0.15) is 0 Å². The standard InChI is InChI=1S/C21H31N3O4/c1-20(2,3)15-8-10-16(11-9-15)28-14-12-22-17(25)7-6-13-24-18(26)21(4,5)23-19(24)27/h8-11H,6-7,12-14H2,1-5H3,(H,22,25)(H,23,27). The highest BCUT2D eigenvalue weighted by Crippen LogP contribution is 2.24. The van der Waals surface area contributed by atoms with Crippen LogP contribution in [0.3, 0.4) is 0 Å². The summed E-state index contributed by atoms with van der Waals surface area (Å²) >= 11 is 0. The van der Waals surface area contributed by atoms with Crippen LogP contribution in [0.4, 0.5) is 4.79 Å². The van der Waals surface area contributed by atoms with Crippen molar-refractivity contribution < 1.29 is 19.1 Å². The number of urea groups is 1. The Hall–Kier alpha value is -2.57. The van der Waals surface area contributed by atoms with E-state index in [1.54, 1.807) is 13.8 Å². The molecule has 1 aliphatic rings. The molecule has 1 saturated heterocycles. The average Bonchev–Trinajstić information content (AvgIpc) is 2.80. The van der Waals surface area contributed by atoms with Crippen molar-refractivity contribution in [2.45, 2.75) is 58.4 Å². The Labute approximate surface area is 166 Å². The molecule has 0 spiro atoms. The summed E-state index contributed by atoms with van der Waals surface area (Å²) in [6.45, 7) is 10.8. The Morgan fingerprint density at radius 2 is 1.82 bits per heavy atom. The van der Waals surface area contributed by atoms with E-state index in [4.69, 9.17) is 4.74 Å². The van der Waals surface area contributed by atoms with Gasteiger partial charge < -0.3 is 15.4 Å². The largest absolute Gasteiger partial charge is 0.492 e. The summed E-state index contributed by atoms with van der Waals surface area (Å²) in [5, 5.41) is 5.41. The van der Waals surface area contributed by atoms with Crippen LogP contribution in [0.2, 0.25) is 0 Å². The minimum Gasteiger partial charge on any atom is -0.492 e. The molecule has 0 bridgehead atoms. The molecule has 1 fully saturated rings. The summed E-state index contributed by atoms with van der Waals surface area (Å²) in [6.07, 6.45) is 0.675. The second-order valence-electron chi connectivity index (χ2n) is 8.59. The number of hydrogen-bond acceptors (Lipinski definition) is 4. The predicted octanol–water partition coefficient (Wildman–Crippen LogP) is 2.59. The van der Waals surface area contributed by atoms with Gasteiger partial charge in [0, 0.05) is 13.0 Å². The van der Waals surface area contributed by atoms with Crippen LogP contribution >= 0.6 is 0 Å². The predicted molar refractivity (Wildman–Crippen MR) is 107 cm³/mol. The van der Waals surface area contributed by atoms with Gasteiger partial charge in [-0.3, -0.25) is 14.5 Å². The maximum absolute atomic E-state index is 12.1. The van der Waals surface area contributed by atoms with Crippen LogP contribution < -0.4 is 15.4 Å². The lowest BCUT2D eigenvalue weighted by molar-refractivity contribution is -0.130. The van der Waals surface area contributed by atoms with Crippen molar-refractivity contribution in [2.24, 2.45) is 0 Å². The van der Waals surface area contributed by atoms with Gasteiger partial charge in [-0.15, -0.1) is 0 Å². The molecule has 1 heterocycles. The number of ether oxygens (including phenoxy) is 1. The number of nitrogens with zero attached hydrogens (tertiary/aromatic N) is 1. The third kappa shape index (κ3) is 5.71. The van der Waals surface area contributed by atoms with E-state index in [9.17, 15) is 14.4 Å². The highest BCUT2D eigenvalue weighted by molar-refractivity contribution is 6.06. The van der Waals surface area contributed by atoms with E-state index in [0.29, 0.717) is 19.6 Å². The first-order chi connectivity index (χ1) is 13.0. The zero-order valence-corrected chi connectivity index (χ0v) is 17.4. The smallest absolute Gasteiger partial charge is 0.325 e. The number of carbonyl (C=O) groups excluding carboxylic acids is 3. The van der Waals surface area contributed by atoms with E-state index in [1.165, 1.54) is 5.56 Å². The fourth-order valence-corrected chi connectivity index (χ4v) is 2.92. The fourth-order valence-electron chi connectivity index (χ4n) is 2.92. The maximum atomic E-state index is 12.1. The molecule has 28 heavy (non-hydrogen) atoms. The SMILES string of the molecule is CC1(C)NC(=O)N(CCCC(=O)NCCOc2ccc(C(C)(C)C)cc2)C1=O. The lowest BCUT2D eigenvalue weighted by Gasteiger charge is -2.19. The summed E-state index contributed by atoms with van der Waals surface area (Å²) in [4.78, 5) is 36.9. The molecule has 154 valence electrons. The van der Waals surface area contributed by atoms with E-state index >= 15 is 0 Å². The average molecular weight is 389 g/mol. The van der Waals surface area contributed by atoms with Crippen LogP contribution in [-0.4, -0.2) is 48.0 Å². The zero-order chi connectivity index (χ0) is 20.9. The van der Waals surface area contributed by atoms with Gasteiger partial charge in [-0.25, -0.2) is 4.79 Å². The monoisotopic (exact) mass is 389 g/mol. The Bertz CT molecular complexity index is 720. The van der Waals surface area contributed by atoms with Crippen molar-refractivity contribution in [2.75, 3.05) is 19.7 Å². The van der Waals surface area contributed by atoms with Gasteiger partial charge in [0.15, 0.2) is 0 Å². The topological polar surface area (TPSA) is 87.7 Å². The van der Waals surface area contributed by atoms with Gasteiger partial charge in [0.05, 0.1) is 6.54 Å². The van der Waals surface area contributed by atoms with Crippen molar-refractivity contribution >= 4 is 17.8 Å². The van der Waals surface area contributed by atoms with Crippen LogP contribution in [0, 0.1) is 0 Å². The summed E-state index contributed by atoms with van der Waals surface area (Å²) in [5.41, 5.74) is 0.464. The summed E-state index contributed by atoms with van der Waals surface area (Å²) in [7, 11) is 0. The normalized spacial score (nSPS) is 16.1. The molecule has 2 rings (SSSR count). The number of amides is 4. The maximum Gasteiger partial charge on any atom is 0.325 e. The zero-order valence-electron chi connectivity index (χ0n) is 17.4. The van der Waals surface area contributed by atoms with E-state index in [1.807, 2.05) is 24.3 Å². The van der Waals surface area contributed by atoms with Gasteiger partial charge in [0.2, 0.25) is 5.91 Å². The quantitative estimate of drug-likeness (QED) is 0.528. The first kappa shape index (κ1) is 21.7. The molecule has 0 saturated carbocycles. The second-order valence-corrected chi connectivity index (χ2v) is 8.59. The van der Waals surface area contributed by atoms with Crippen LogP contribution in [0.5, 0.6) is 5.75 Å². The number of hydrogen-bond donors (Lipinski definition) is 2. The number of benzene rings is 1. The highest BCUT2D eigenvalue weighted by atomic mass is 16.5. The van der Waals surface area contributed by atoms with E-state index in [-0.39, 0.29) is 30.2 Å². The van der Waals surface area contributed by atoms with Gasteiger partial charge in [0.25, 0.3) is 5.91 Å². The minimum atomic E-state index is -0.873. The minimum absolute atomic E-state index is 0.0998. The van der Waals surface area contributed by atoms with Crippen molar-refractivity contribution in [3.8, 4) is 5.75 Å². The number of carbonyl (C=O) groups is 3. The van der Waals surface area contributed by atoms with E-state index in [2.05, 4.69) is 31.4 Å². The van der Waals surface area contributed by atoms with E-state index in [0.717, 1.165) is 10.6 Å². The first-order valence-corrected chi connectivity index (χ1v) is 9.65. The van der Waals surface area contributed by atoms with Gasteiger partial charge in [0.1, 0.15) is 17.9 Å². The Balaban J connectivity index is 1.63. The molecule has 1 aromatic carbocycles. The summed E-state index contributed by atoms with van der Waals surface area (Å²) < 4.78 is 5.64. The molecule has 7 nitrogen and oxygen atoms in total. The summed E-state index contributed by atoms with van der Waals surface area (Å²) in [6, 6.07) is 7.56. The molecule has 4 amide bonds. The van der Waals surface area contributed by atoms with Crippen LogP contribution in [0.25, 0.3) is 0 Å². The highest BCUT2D eigenvalue weighted by Gasteiger charge is 2.43. The van der Waals surface area contributed by atoms with Gasteiger partial charge in [-0.1, -0.05) is 32.9 Å². The molecule has 0 radical (unpaired) electrons. The van der Waals surface area contributed by atoms with Crippen molar-refractivity contribution in [1.82, 2.24) is 15.5 Å². The molecular weight excluding hydrogens is 358 g/mol. The molecule has 0 aromatic heterocycles. The third-order valence-electron chi connectivity index (χ3n) is 4.64. The van der Waals surface area contributed by atoms with Gasteiger partial charge in [-0.05, 0) is 43.4 Å². The number of rotatable bonds is 8. The van der Waals surface area contributed by atoms with Crippen molar-refractivity contribution in [3.05, 3.63) is 29.8 Å². The van der Waals surface area contributed by atoms with Crippen LogP contribution in [0.15, 0.2) is 24.3 Å². The number of imide groups is 1. The lowest BCUT2D eigenvalue weighted by Crippen LogP contribution is -2.40. The molecular formula is C21H31N3O4. The first-order valence-electron chi connectivity index (χ1n) is 9.65. The van der Waals surface area contributed by atoms with E-state index < -0.39 is 11.6 Å².